The van der Waals surface area contributed by atoms with E-state index in [4.69, 9.17) is 10.8 Å². The first-order valence-electron chi connectivity index (χ1n) is 7.85. The fourth-order valence-electron chi connectivity index (χ4n) is 3.01. The minimum Gasteiger partial charge on any atom is -0.477 e. The maximum absolute atomic E-state index is 12.1. The normalized spacial score (nSPS) is 16.4. The van der Waals surface area contributed by atoms with Crippen LogP contribution in [0, 0.1) is 12.8 Å². The number of amides is 1. The van der Waals surface area contributed by atoms with E-state index in [1.807, 2.05) is 0 Å². The molecule has 1 aliphatic rings. The van der Waals surface area contributed by atoms with Gasteiger partial charge in [-0.25, -0.2) is 4.79 Å². The van der Waals surface area contributed by atoms with Crippen LogP contribution in [0.15, 0.2) is 17.1 Å². The third-order valence-corrected chi connectivity index (χ3v) is 4.45. The molecule has 1 amide bonds. The van der Waals surface area contributed by atoms with Gasteiger partial charge in [-0.1, -0.05) is 0 Å². The number of primary amides is 1. The van der Waals surface area contributed by atoms with Gasteiger partial charge in [-0.3, -0.25) is 9.59 Å². The van der Waals surface area contributed by atoms with E-state index in [2.05, 4.69) is 4.90 Å². The fraction of sp³-hybridized carbons (Fsp3) is 0.562. The molecule has 7 heteroatoms. The van der Waals surface area contributed by atoms with E-state index < -0.39 is 11.5 Å². The molecule has 1 aromatic heterocycles. The Morgan fingerprint density at radius 2 is 1.96 bits per heavy atom. The van der Waals surface area contributed by atoms with Gasteiger partial charge in [0, 0.05) is 18.7 Å². The zero-order valence-corrected chi connectivity index (χ0v) is 13.3. The monoisotopic (exact) mass is 321 g/mol. The molecular formula is C16H23N3O4. The minimum atomic E-state index is -1.18. The molecule has 3 N–H and O–H groups in total. The Balaban J connectivity index is 1.88. The molecule has 2 rings (SSSR count). The van der Waals surface area contributed by atoms with Crippen LogP contribution >= 0.6 is 0 Å². The summed E-state index contributed by atoms with van der Waals surface area (Å²) < 4.78 is 1.45. The van der Waals surface area contributed by atoms with Crippen molar-refractivity contribution in [3.63, 3.8) is 0 Å². The van der Waals surface area contributed by atoms with Gasteiger partial charge in [-0.15, -0.1) is 0 Å². The molecule has 0 bridgehead atoms. The summed E-state index contributed by atoms with van der Waals surface area (Å²) >= 11 is 0. The number of rotatable bonds is 6. The number of carboxylic acid groups (broad SMARTS) is 1. The first-order chi connectivity index (χ1) is 10.9. The Kier molecular flexibility index (Phi) is 5.54. The number of hydrogen-bond acceptors (Lipinski definition) is 4. The second-order valence-electron chi connectivity index (χ2n) is 6.05. The molecular weight excluding hydrogens is 298 g/mol. The van der Waals surface area contributed by atoms with E-state index in [9.17, 15) is 14.4 Å². The fourth-order valence-corrected chi connectivity index (χ4v) is 3.01. The third kappa shape index (κ3) is 4.19. The molecule has 2 heterocycles. The standard InChI is InChI=1S/C16H23N3O4/c1-11-3-10-19(15(21)13(11)16(22)23)7-2-6-18-8-4-12(5-9-18)14(17)20/h3,10,12H,2,4-9H2,1H3,(H2,17,20)(H,22,23). The van der Waals surface area contributed by atoms with Crippen LogP contribution in [0.25, 0.3) is 0 Å². The van der Waals surface area contributed by atoms with Crippen LogP contribution in [-0.4, -0.2) is 46.1 Å². The van der Waals surface area contributed by atoms with Crippen LogP contribution in [0.3, 0.4) is 0 Å². The van der Waals surface area contributed by atoms with Gasteiger partial charge < -0.3 is 20.3 Å². The number of likely N-dealkylation sites (tertiary alicyclic amines) is 1. The largest absolute Gasteiger partial charge is 0.477 e. The minimum absolute atomic E-state index is 0.0240. The molecule has 23 heavy (non-hydrogen) atoms. The van der Waals surface area contributed by atoms with Crippen LogP contribution in [0.2, 0.25) is 0 Å². The number of carboxylic acids is 1. The Labute approximate surface area is 134 Å². The van der Waals surface area contributed by atoms with Gasteiger partial charge in [0.2, 0.25) is 5.91 Å². The number of carbonyl (C=O) groups is 2. The molecule has 0 aromatic carbocycles. The summed E-state index contributed by atoms with van der Waals surface area (Å²) in [4.78, 5) is 36.7. The molecule has 0 saturated carbocycles. The van der Waals surface area contributed by atoms with Crippen molar-refractivity contribution in [1.29, 1.82) is 0 Å². The number of pyridine rings is 1. The summed E-state index contributed by atoms with van der Waals surface area (Å²) in [6, 6.07) is 1.66. The second-order valence-corrected chi connectivity index (χ2v) is 6.05. The summed E-state index contributed by atoms with van der Waals surface area (Å²) in [5.74, 6) is -1.43. The maximum atomic E-state index is 12.1. The summed E-state index contributed by atoms with van der Waals surface area (Å²) in [5.41, 5.74) is 5.18. The summed E-state index contributed by atoms with van der Waals surface area (Å²) in [5, 5.41) is 9.11. The average molecular weight is 321 g/mol. The van der Waals surface area contributed by atoms with E-state index in [-0.39, 0.29) is 17.4 Å². The molecule has 0 atom stereocenters. The van der Waals surface area contributed by atoms with E-state index >= 15 is 0 Å². The first kappa shape index (κ1) is 17.2. The molecule has 1 aliphatic heterocycles. The number of nitrogens with two attached hydrogens (primary N) is 1. The van der Waals surface area contributed by atoms with Crippen molar-refractivity contribution in [2.75, 3.05) is 19.6 Å². The van der Waals surface area contributed by atoms with Crippen LogP contribution in [0.4, 0.5) is 0 Å². The molecule has 0 spiro atoms. The Bertz CT molecular complexity index is 645. The number of carbonyl (C=O) groups excluding carboxylic acids is 1. The van der Waals surface area contributed by atoms with Crippen molar-refractivity contribution in [2.24, 2.45) is 11.7 Å². The molecule has 1 aromatic rings. The van der Waals surface area contributed by atoms with Gasteiger partial charge in [0.1, 0.15) is 5.56 Å². The third-order valence-electron chi connectivity index (χ3n) is 4.45. The SMILES string of the molecule is Cc1ccn(CCCN2CCC(C(N)=O)CC2)c(=O)c1C(=O)O. The summed E-state index contributed by atoms with van der Waals surface area (Å²) in [7, 11) is 0. The molecule has 126 valence electrons. The van der Waals surface area contributed by atoms with Crippen molar-refractivity contribution in [3.8, 4) is 0 Å². The maximum Gasteiger partial charge on any atom is 0.341 e. The number of nitrogens with zero attached hydrogens (tertiary/aromatic N) is 2. The number of aromatic nitrogens is 1. The lowest BCUT2D eigenvalue weighted by Gasteiger charge is -2.30. The molecule has 0 unspecified atom stereocenters. The van der Waals surface area contributed by atoms with Gasteiger partial charge >= 0.3 is 5.97 Å². The van der Waals surface area contributed by atoms with Crippen molar-refractivity contribution >= 4 is 11.9 Å². The Hall–Kier alpha value is -2.15. The van der Waals surface area contributed by atoms with Crippen molar-refractivity contribution < 1.29 is 14.7 Å². The molecule has 0 aliphatic carbocycles. The number of aryl methyl sites for hydroxylation is 2. The lowest BCUT2D eigenvalue weighted by Crippen LogP contribution is -2.39. The van der Waals surface area contributed by atoms with Gasteiger partial charge in [-0.05, 0) is 57.5 Å². The highest BCUT2D eigenvalue weighted by Gasteiger charge is 2.22. The zero-order chi connectivity index (χ0) is 17.0. The van der Waals surface area contributed by atoms with Crippen LogP contribution in [0.1, 0.15) is 35.2 Å². The highest BCUT2D eigenvalue weighted by atomic mass is 16.4. The van der Waals surface area contributed by atoms with Crippen molar-refractivity contribution in [3.05, 3.63) is 33.7 Å². The smallest absolute Gasteiger partial charge is 0.341 e. The molecule has 1 fully saturated rings. The van der Waals surface area contributed by atoms with E-state index in [1.165, 1.54) is 4.57 Å². The summed E-state index contributed by atoms with van der Waals surface area (Å²) in [6.45, 7) is 4.58. The van der Waals surface area contributed by atoms with Crippen molar-refractivity contribution in [2.45, 2.75) is 32.7 Å². The quantitative estimate of drug-likeness (QED) is 0.791. The van der Waals surface area contributed by atoms with Gasteiger partial charge in [-0.2, -0.15) is 0 Å². The Morgan fingerprint density at radius 3 is 2.52 bits per heavy atom. The second kappa shape index (κ2) is 7.41. The first-order valence-corrected chi connectivity index (χ1v) is 7.85. The van der Waals surface area contributed by atoms with Crippen LogP contribution < -0.4 is 11.3 Å². The van der Waals surface area contributed by atoms with Crippen LogP contribution in [0.5, 0.6) is 0 Å². The van der Waals surface area contributed by atoms with E-state index in [1.54, 1.807) is 19.2 Å². The van der Waals surface area contributed by atoms with Gasteiger partial charge in [0.25, 0.3) is 5.56 Å². The molecule has 7 nitrogen and oxygen atoms in total. The van der Waals surface area contributed by atoms with Gasteiger partial charge in [0.15, 0.2) is 0 Å². The number of hydrogen-bond donors (Lipinski definition) is 2. The zero-order valence-electron chi connectivity index (χ0n) is 13.3. The average Bonchev–Trinajstić information content (AvgIpc) is 2.49. The predicted molar refractivity (Wildman–Crippen MR) is 85.4 cm³/mol. The van der Waals surface area contributed by atoms with E-state index in [0.29, 0.717) is 12.1 Å². The number of aromatic carboxylic acids is 1. The molecule has 0 radical (unpaired) electrons. The van der Waals surface area contributed by atoms with Crippen LogP contribution in [-0.2, 0) is 11.3 Å². The highest BCUT2D eigenvalue weighted by molar-refractivity contribution is 5.88. The lowest BCUT2D eigenvalue weighted by atomic mass is 9.96. The number of piperidine rings is 1. The Morgan fingerprint density at radius 1 is 1.30 bits per heavy atom. The van der Waals surface area contributed by atoms with Crippen molar-refractivity contribution in [1.82, 2.24) is 9.47 Å². The molecule has 1 saturated heterocycles. The topological polar surface area (TPSA) is 106 Å². The van der Waals surface area contributed by atoms with E-state index in [0.717, 1.165) is 38.9 Å². The summed E-state index contributed by atoms with van der Waals surface area (Å²) in [6.07, 6.45) is 3.96. The predicted octanol–water partition coefficient (Wildman–Crippen LogP) is 0.442. The highest BCUT2D eigenvalue weighted by Crippen LogP contribution is 2.16. The lowest BCUT2D eigenvalue weighted by molar-refractivity contribution is -0.123. The van der Waals surface area contributed by atoms with Gasteiger partial charge in [0.05, 0.1) is 0 Å².